The van der Waals surface area contributed by atoms with E-state index in [2.05, 4.69) is 35.6 Å². The monoisotopic (exact) mass is 700 g/mol. The van der Waals surface area contributed by atoms with Crippen molar-refractivity contribution in [2.75, 3.05) is 24.2 Å². The van der Waals surface area contributed by atoms with Gasteiger partial charge in [-0.3, -0.25) is 33.4 Å². The van der Waals surface area contributed by atoms with Crippen molar-refractivity contribution in [3.8, 4) is 5.75 Å². The van der Waals surface area contributed by atoms with E-state index in [0.29, 0.717) is 83.8 Å². The second-order valence-electron chi connectivity index (χ2n) is 12.0. The Morgan fingerprint density at radius 1 is 1.02 bits per heavy atom. The van der Waals surface area contributed by atoms with E-state index in [-0.39, 0.29) is 17.7 Å². The summed E-state index contributed by atoms with van der Waals surface area (Å²) in [5.41, 5.74) is 8.42. The van der Waals surface area contributed by atoms with Crippen LogP contribution in [-0.2, 0) is 47.8 Å². The SMILES string of the molecule is CCNC(=O)[C@@H]1CC[C@H](n2cnc3c(N)nc(NC(=O)COc4ccc(CCc5nc6c(c(=O)n(C)c(=O)n6CC)n5C)c5ocnc45)nc32)O1. The van der Waals surface area contributed by atoms with Crippen LogP contribution in [0.25, 0.3) is 33.4 Å². The highest BCUT2D eigenvalue weighted by molar-refractivity contribution is 5.92. The molecule has 1 aliphatic heterocycles. The molecular weight excluding hydrogens is 664 g/mol. The number of nitrogens with one attached hydrogen (secondary N) is 2. The molecule has 6 aromatic rings. The lowest BCUT2D eigenvalue weighted by atomic mass is 10.1. The molecule has 0 spiro atoms. The zero-order valence-corrected chi connectivity index (χ0v) is 28.4. The lowest BCUT2D eigenvalue weighted by molar-refractivity contribution is -0.133. The first-order valence-electron chi connectivity index (χ1n) is 16.5. The van der Waals surface area contributed by atoms with Crippen LogP contribution in [0.2, 0.25) is 0 Å². The number of oxazole rings is 1. The third-order valence-corrected chi connectivity index (χ3v) is 8.92. The second-order valence-corrected chi connectivity index (χ2v) is 12.0. The first-order valence-corrected chi connectivity index (χ1v) is 16.5. The van der Waals surface area contributed by atoms with Crippen LogP contribution in [-0.4, -0.2) is 74.3 Å². The topological polar surface area (TPSA) is 234 Å². The Hall–Kier alpha value is -6.11. The first kappa shape index (κ1) is 33.4. The van der Waals surface area contributed by atoms with Gasteiger partial charge in [0.15, 0.2) is 46.7 Å². The van der Waals surface area contributed by atoms with Crippen LogP contribution in [0, 0.1) is 0 Å². The summed E-state index contributed by atoms with van der Waals surface area (Å²) in [6.07, 6.45) is 3.75. The van der Waals surface area contributed by atoms with E-state index in [1.807, 2.05) is 19.9 Å². The zero-order chi connectivity index (χ0) is 36.0. The smallest absolute Gasteiger partial charge is 0.332 e. The molecule has 2 atom stereocenters. The number of anilines is 2. The molecule has 19 heteroatoms. The molecule has 19 nitrogen and oxygen atoms in total. The Morgan fingerprint density at radius 2 is 1.84 bits per heavy atom. The quantitative estimate of drug-likeness (QED) is 0.171. The molecule has 1 fully saturated rings. The van der Waals surface area contributed by atoms with Crippen molar-refractivity contribution in [1.82, 2.24) is 48.5 Å². The molecule has 1 saturated heterocycles. The van der Waals surface area contributed by atoms with Crippen molar-refractivity contribution in [1.29, 1.82) is 0 Å². The lowest BCUT2D eigenvalue weighted by Crippen LogP contribution is -2.38. The molecule has 5 aromatic heterocycles. The van der Waals surface area contributed by atoms with Crippen molar-refractivity contribution in [2.24, 2.45) is 14.1 Å². The molecule has 6 heterocycles. The Labute approximate surface area is 288 Å². The number of aryl methyl sites for hydroxylation is 4. The van der Waals surface area contributed by atoms with E-state index in [1.54, 1.807) is 22.2 Å². The fourth-order valence-corrected chi connectivity index (χ4v) is 6.34. The third kappa shape index (κ3) is 5.94. The Balaban J connectivity index is 1.03. The van der Waals surface area contributed by atoms with Crippen molar-refractivity contribution >= 4 is 57.0 Å². The maximum Gasteiger partial charge on any atom is 0.332 e. The van der Waals surface area contributed by atoms with E-state index < -0.39 is 36.1 Å². The molecule has 0 unspecified atom stereocenters. The van der Waals surface area contributed by atoms with Crippen LogP contribution in [0.4, 0.5) is 11.8 Å². The highest BCUT2D eigenvalue weighted by Crippen LogP contribution is 2.32. The van der Waals surface area contributed by atoms with E-state index >= 15 is 0 Å². The minimum Gasteiger partial charge on any atom is -0.481 e. The summed E-state index contributed by atoms with van der Waals surface area (Å²) < 4.78 is 23.4. The van der Waals surface area contributed by atoms with Gasteiger partial charge in [-0.2, -0.15) is 9.97 Å². The number of hydrogen-bond donors (Lipinski definition) is 3. The van der Waals surface area contributed by atoms with Gasteiger partial charge in [0, 0.05) is 33.6 Å². The van der Waals surface area contributed by atoms with E-state index in [4.69, 9.17) is 19.6 Å². The molecule has 0 saturated carbocycles. The molecule has 1 aromatic carbocycles. The largest absolute Gasteiger partial charge is 0.481 e. The number of nitrogens with two attached hydrogens (primary N) is 1. The van der Waals surface area contributed by atoms with Gasteiger partial charge in [0.05, 0.1) is 6.33 Å². The number of nitrogen functional groups attached to an aromatic ring is 1. The van der Waals surface area contributed by atoms with Crippen LogP contribution in [0.15, 0.2) is 38.9 Å². The second kappa shape index (κ2) is 13.3. The molecule has 2 amide bonds. The van der Waals surface area contributed by atoms with Crippen molar-refractivity contribution in [3.05, 3.63) is 57.1 Å². The zero-order valence-electron chi connectivity index (χ0n) is 28.4. The Morgan fingerprint density at radius 3 is 2.63 bits per heavy atom. The van der Waals surface area contributed by atoms with Crippen molar-refractivity contribution < 1.29 is 23.5 Å². The van der Waals surface area contributed by atoms with Crippen LogP contribution < -0.4 is 32.4 Å². The summed E-state index contributed by atoms with van der Waals surface area (Å²) in [4.78, 5) is 72.6. The van der Waals surface area contributed by atoms with Gasteiger partial charge in [-0.1, -0.05) is 6.07 Å². The van der Waals surface area contributed by atoms with E-state index in [1.165, 1.54) is 24.3 Å². The fourth-order valence-electron chi connectivity index (χ4n) is 6.34. The summed E-state index contributed by atoms with van der Waals surface area (Å²) >= 11 is 0. The number of rotatable bonds is 11. The van der Waals surface area contributed by atoms with Crippen LogP contribution in [0.1, 0.15) is 44.3 Å². The van der Waals surface area contributed by atoms with Crippen molar-refractivity contribution in [2.45, 2.75) is 58.4 Å². The number of carbonyl (C=O) groups excluding carboxylic acids is 2. The van der Waals surface area contributed by atoms with Gasteiger partial charge in [0.1, 0.15) is 29.4 Å². The maximum atomic E-state index is 13.0. The van der Waals surface area contributed by atoms with Gasteiger partial charge in [-0.05, 0) is 44.7 Å². The molecule has 7 rings (SSSR count). The number of nitrogens with zero attached hydrogens (tertiary/aromatic N) is 9. The summed E-state index contributed by atoms with van der Waals surface area (Å²) in [5, 5.41) is 5.38. The molecular formula is C32H36N12O7. The standard InChI is InChI=1S/C32H36N12O7/c1-5-34-29(46)18-10-12-21(51-18)44-14-35-23-26(33)39-31(40-27(23)44)38-20(45)13-49-17-9-7-16(25-22(17)36-15-50-25)8-11-19-37-28-24(41(19)3)30(47)42(4)32(48)43(28)6-2/h7,9,14-15,18,21H,5-6,8,10-13H2,1-4H3,(H,34,46)(H3,33,38,39,40,45)/t18-,21+/m0/s1. The normalized spacial score (nSPS) is 16.0. The average molecular weight is 701 g/mol. The maximum absolute atomic E-state index is 13.0. The number of benzene rings is 1. The Bertz CT molecular complexity index is 2440. The number of fused-ring (bicyclic) bond motifs is 3. The summed E-state index contributed by atoms with van der Waals surface area (Å²) in [5.74, 6) is 0.238. The summed E-state index contributed by atoms with van der Waals surface area (Å²) in [6, 6.07) is 3.51. The minimum absolute atomic E-state index is 0.0497. The Kier molecular flexibility index (Phi) is 8.71. The first-order chi connectivity index (χ1) is 24.6. The summed E-state index contributed by atoms with van der Waals surface area (Å²) in [6.45, 7) is 4.15. The number of aromatic nitrogens is 9. The third-order valence-electron chi connectivity index (χ3n) is 8.92. The highest BCUT2D eigenvalue weighted by atomic mass is 16.5. The van der Waals surface area contributed by atoms with E-state index in [9.17, 15) is 19.2 Å². The molecule has 0 bridgehead atoms. The molecule has 0 radical (unpaired) electrons. The van der Waals surface area contributed by atoms with Crippen LogP contribution >= 0.6 is 0 Å². The predicted molar refractivity (Wildman–Crippen MR) is 183 cm³/mol. The number of imidazole rings is 2. The number of ether oxygens (including phenoxy) is 2. The predicted octanol–water partition coefficient (Wildman–Crippen LogP) is 0.933. The van der Waals surface area contributed by atoms with Gasteiger partial charge in [-0.25, -0.2) is 19.7 Å². The lowest BCUT2D eigenvalue weighted by Gasteiger charge is -2.15. The van der Waals surface area contributed by atoms with Gasteiger partial charge < -0.3 is 29.5 Å². The molecule has 4 N–H and O–H groups in total. The van der Waals surface area contributed by atoms with Gasteiger partial charge in [-0.15, -0.1) is 0 Å². The number of carbonyl (C=O) groups is 2. The number of amides is 2. The molecule has 266 valence electrons. The molecule has 0 aliphatic carbocycles. The average Bonchev–Trinajstić information content (AvgIpc) is 3.92. The number of likely N-dealkylation sites (N-methyl/N-ethyl adjacent to an activating group) is 1. The fraction of sp³-hybridized carbons (Fsp3) is 0.406. The molecule has 51 heavy (non-hydrogen) atoms. The van der Waals surface area contributed by atoms with Crippen molar-refractivity contribution in [3.63, 3.8) is 0 Å². The molecule has 1 aliphatic rings. The highest BCUT2D eigenvalue weighted by Gasteiger charge is 2.33. The van der Waals surface area contributed by atoms with Gasteiger partial charge >= 0.3 is 5.69 Å². The van der Waals surface area contributed by atoms with E-state index in [0.717, 1.165) is 10.1 Å². The van der Waals surface area contributed by atoms with Crippen LogP contribution in [0.5, 0.6) is 5.75 Å². The van der Waals surface area contributed by atoms with Crippen LogP contribution in [0.3, 0.4) is 0 Å². The minimum atomic E-state index is -0.589. The number of hydrogen-bond acceptors (Lipinski definition) is 13. The summed E-state index contributed by atoms with van der Waals surface area (Å²) in [7, 11) is 3.21. The van der Waals surface area contributed by atoms with Gasteiger partial charge in [0.25, 0.3) is 11.5 Å². The van der Waals surface area contributed by atoms with Gasteiger partial charge in [0.2, 0.25) is 11.9 Å².